The second-order valence-electron chi connectivity index (χ2n) is 4.65. The van der Waals surface area contributed by atoms with Crippen LogP contribution in [0.5, 0.6) is 0 Å². The Kier molecular flexibility index (Phi) is 3.16. The second kappa shape index (κ2) is 5.13. The van der Waals surface area contributed by atoms with Gasteiger partial charge in [0, 0.05) is 18.0 Å². The van der Waals surface area contributed by atoms with E-state index in [9.17, 15) is 0 Å². The molecule has 3 aromatic heterocycles. The highest BCUT2D eigenvalue weighted by Crippen LogP contribution is 2.20. The third-order valence-corrected chi connectivity index (χ3v) is 3.23. The Morgan fingerprint density at radius 3 is 2.80 bits per heavy atom. The first-order chi connectivity index (χ1) is 9.74. The summed E-state index contributed by atoms with van der Waals surface area (Å²) in [5, 5.41) is 0. The van der Waals surface area contributed by atoms with E-state index in [0.717, 1.165) is 17.0 Å². The standard InChI is InChI=1S/C15H15N5/c1-11-3-2-6-18-13(11)9-20-10-17-8-14(20)12-4-5-15(16)19-7-12/h2-8,10H,9H2,1H3,(H2,16,19). The lowest BCUT2D eigenvalue weighted by Crippen LogP contribution is -2.04. The van der Waals surface area contributed by atoms with Crippen LogP contribution in [0.1, 0.15) is 11.3 Å². The number of aromatic nitrogens is 4. The molecule has 0 bridgehead atoms. The van der Waals surface area contributed by atoms with Crippen LogP contribution in [-0.2, 0) is 6.54 Å². The number of aryl methyl sites for hydroxylation is 1. The topological polar surface area (TPSA) is 69.6 Å². The minimum Gasteiger partial charge on any atom is -0.384 e. The molecule has 0 unspecified atom stereocenters. The summed E-state index contributed by atoms with van der Waals surface area (Å²) in [6.45, 7) is 2.75. The van der Waals surface area contributed by atoms with Crippen LogP contribution in [0.2, 0.25) is 0 Å². The summed E-state index contributed by atoms with van der Waals surface area (Å²) < 4.78 is 2.06. The van der Waals surface area contributed by atoms with E-state index in [-0.39, 0.29) is 0 Å². The number of nitrogen functional groups attached to an aromatic ring is 1. The van der Waals surface area contributed by atoms with Crippen LogP contribution in [0.25, 0.3) is 11.3 Å². The zero-order valence-corrected chi connectivity index (χ0v) is 11.2. The maximum absolute atomic E-state index is 5.62. The van der Waals surface area contributed by atoms with Crippen LogP contribution in [0.3, 0.4) is 0 Å². The van der Waals surface area contributed by atoms with Gasteiger partial charge >= 0.3 is 0 Å². The van der Waals surface area contributed by atoms with Crippen LogP contribution in [0.4, 0.5) is 5.82 Å². The normalized spacial score (nSPS) is 10.7. The minimum atomic E-state index is 0.514. The van der Waals surface area contributed by atoms with Crippen LogP contribution >= 0.6 is 0 Å². The molecule has 100 valence electrons. The summed E-state index contributed by atoms with van der Waals surface area (Å²) >= 11 is 0. The molecule has 0 fully saturated rings. The Bertz CT molecular complexity index is 715. The van der Waals surface area contributed by atoms with Crippen LogP contribution in [0, 0.1) is 6.92 Å². The Hall–Kier alpha value is -2.69. The summed E-state index contributed by atoms with van der Waals surface area (Å²) in [4.78, 5) is 12.8. The number of hydrogen-bond acceptors (Lipinski definition) is 4. The second-order valence-corrected chi connectivity index (χ2v) is 4.65. The van der Waals surface area contributed by atoms with Gasteiger partial charge in [0.25, 0.3) is 0 Å². The van der Waals surface area contributed by atoms with Gasteiger partial charge in [0.15, 0.2) is 0 Å². The number of pyridine rings is 2. The van der Waals surface area contributed by atoms with Crippen molar-refractivity contribution in [2.75, 3.05) is 5.73 Å². The van der Waals surface area contributed by atoms with E-state index in [1.165, 1.54) is 5.56 Å². The van der Waals surface area contributed by atoms with E-state index in [4.69, 9.17) is 5.73 Å². The molecule has 0 aromatic carbocycles. The number of imidazole rings is 1. The molecule has 3 rings (SSSR count). The van der Waals surface area contributed by atoms with Crippen molar-refractivity contribution in [3.63, 3.8) is 0 Å². The quantitative estimate of drug-likeness (QED) is 0.788. The molecule has 0 aliphatic rings. The van der Waals surface area contributed by atoms with Gasteiger partial charge in [0.1, 0.15) is 5.82 Å². The lowest BCUT2D eigenvalue weighted by atomic mass is 10.2. The Labute approximate surface area is 117 Å². The van der Waals surface area contributed by atoms with Gasteiger partial charge in [0.05, 0.1) is 30.5 Å². The molecule has 5 nitrogen and oxygen atoms in total. The van der Waals surface area contributed by atoms with Crippen molar-refractivity contribution in [2.45, 2.75) is 13.5 Å². The first-order valence-corrected chi connectivity index (χ1v) is 6.36. The van der Waals surface area contributed by atoms with E-state index in [1.807, 2.05) is 24.5 Å². The molecule has 0 aliphatic heterocycles. The number of hydrogen-bond donors (Lipinski definition) is 1. The van der Waals surface area contributed by atoms with E-state index in [0.29, 0.717) is 12.4 Å². The third kappa shape index (κ3) is 2.38. The molecule has 20 heavy (non-hydrogen) atoms. The highest BCUT2D eigenvalue weighted by atomic mass is 15.1. The Morgan fingerprint density at radius 1 is 1.15 bits per heavy atom. The van der Waals surface area contributed by atoms with Gasteiger partial charge in [-0.25, -0.2) is 9.97 Å². The van der Waals surface area contributed by atoms with E-state index in [2.05, 4.69) is 32.5 Å². The fraction of sp³-hybridized carbons (Fsp3) is 0.133. The smallest absolute Gasteiger partial charge is 0.123 e. The van der Waals surface area contributed by atoms with Gasteiger partial charge in [-0.1, -0.05) is 6.07 Å². The molecule has 0 saturated heterocycles. The number of anilines is 1. The van der Waals surface area contributed by atoms with Crippen molar-refractivity contribution in [1.29, 1.82) is 0 Å². The monoisotopic (exact) mass is 265 g/mol. The van der Waals surface area contributed by atoms with Crippen LogP contribution in [-0.4, -0.2) is 19.5 Å². The van der Waals surface area contributed by atoms with Gasteiger partial charge in [-0.3, -0.25) is 4.98 Å². The highest BCUT2D eigenvalue weighted by molar-refractivity contribution is 5.59. The van der Waals surface area contributed by atoms with Crippen molar-refractivity contribution in [1.82, 2.24) is 19.5 Å². The van der Waals surface area contributed by atoms with Crippen molar-refractivity contribution >= 4 is 5.82 Å². The summed E-state index contributed by atoms with van der Waals surface area (Å²) in [5.74, 6) is 0.514. The maximum atomic E-state index is 5.62. The molecule has 0 radical (unpaired) electrons. The third-order valence-electron chi connectivity index (χ3n) is 3.23. The van der Waals surface area contributed by atoms with Gasteiger partial charge in [-0.05, 0) is 30.7 Å². The van der Waals surface area contributed by atoms with E-state index >= 15 is 0 Å². The minimum absolute atomic E-state index is 0.514. The molecule has 0 atom stereocenters. The van der Waals surface area contributed by atoms with Gasteiger partial charge in [-0.2, -0.15) is 0 Å². The molecular formula is C15H15N5. The predicted molar refractivity (Wildman–Crippen MR) is 77.9 cm³/mol. The van der Waals surface area contributed by atoms with Gasteiger partial charge in [-0.15, -0.1) is 0 Å². The SMILES string of the molecule is Cc1cccnc1Cn1cncc1-c1ccc(N)nc1. The average molecular weight is 265 g/mol. The summed E-state index contributed by atoms with van der Waals surface area (Å²) in [6, 6.07) is 7.74. The summed E-state index contributed by atoms with van der Waals surface area (Å²) in [7, 11) is 0. The first-order valence-electron chi connectivity index (χ1n) is 6.36. The molecule has 3 aromatic rings. The zero-order chi connectivity index (χ0) is 13.9. The molecule has 0 amide bonds. The molecule has 5 heteroatoms. The Morgan fingerprint density at radius 2 is 2.05 bits per heavy atom. The maximum Gasteiger partial charge on any atom is 0.123 e. The predicted octanol–water partition coefficient (Wildman–Crippen LogP) is 2.28. The first kappa shape index (κ1) is 12.3. The molecular weight excluding hydrogens is 250 g/mol. The number of rotatable bonds is 3. The number of nitrogens with zero attached hydrogens (tertiary/aromatic N) is 4. The summed E-state index contributed by atoms with van der Waals surface area (Å²) in [6.07, 6.45) is 7.20. The van der Waals surface area contributed by atoms with Crippen LogP contribution in [0.15, 0.2) is 49.2 Å². The molecule has 2 N–H and O–H groups in total. The molecule has 3 heterocycles. The molecule has 0 aliphatic carbocycles. The van der Waals surface area contributed by atoms with Crippen molar-refractivity contribution in [3.05, 3.63) is 60.4 Å². The molecule has 0 spiro atoms. The lowest BCUT2D eigenvalue weighted by molar-refractivity contribution is 0.773. The largest absolute Gasteiger partial charge is 0.384 e. The van der Waals surface area contributed by atoms with Crippen molar-refractivity contribution in [3.8, 4) is 11.3 Å². The average Bonchev–Trinajstić information content (AvgIpc) is 2.90. The van der Waals surface area contributed by atoms with Crippen LogP contribution < -0.4 is 5.73 Å². The summed E-state index contributed by atoms with van der Waals surface area (Å²) in [5.41, 5.74) is 9.82. The van der Waals surface area contributed by atoms with Gasteiger partial charge < -0.3 is 10.3 Å². The zero-order valence-electron chi connectivity index (χ0n) is 11.2. The number of nitrogens with two attached hydrogens (primary N) is 1. The highest BCUT2D eigenvalue weighted by Gasteiger charge is 2.08. The van der Waals surface area contributed by atoms with E-state index in [1.54, 1.807) is 18.6 Å². The van der Waals surface area contributed by atoms with Crippen molar-refractivity contribution < 1.29 is 0 Å². The van der Waals surface area contributed by atoms with Crippen molar-refractivity contribution in [2.24, 2.45) is 0 Å². The fourth-order valence-electron chi connectivity index (χ4n) is 2.09. The lowest BCUT2D eigenvalue weighted by Gasteiger charge is -2.09. The molecule has 0 saturated carbocycles. The van der Waals surface area contributed by atoms with Gasteiger partial charge in [0.2, 0.25) is 0 Å². The Balaban J connectivity index is 1.95. The van der Waals surface area contributed by atoms with E-state index < -0.39 is 0 Å². The fourth-order valence-corrected chi connectivity index (χ4v) is 2.09.